The van der Waals surface area contributed by atoms with Crippen LogP contribution in [0.3, 0.4) is 0 Å². The lowest BCUT2D eigenvalue weighted by Crippen LogP contribution is -2.63. The molecular formula is C23H28N2O3S. The van der Waals surface area contributed by atoms with E-state index in [1.807, 2.05) is 35.2 Å². The third-order valence-electron chi connectivity index (χ3n) is 6.12. The van der Waals surface area contributed by atoms with Gasteiger partial charge in [0.2, 0.25) is 15.9 Å². The lowest BCUT2D eigenvalue weighted by Gasteiger charge is -2.56. The van der Waals surface area contributed by atoms with Gasteiger partial charge in [0.1, 0.15) is 6.04 Å². The number of benzene rings is 2. The number of amides is 1. The topological polar surface area (TPSA) is 57.7 Å². The summed E-state index contributed by atoms with van der Waals surface area (Å²) in [5, 5.41) is 0. The zero-order valence-corrected chi connectivity index (χ0v) is 17.8. The quantitative estimate of drug-likeness (QED) is 0.767. The largest absolute Gasteiger partial charge is 0.333 e. The maximum Gasteiger partial charge on any atom is 0.243 e. The third-order valence-corrected chi connectivity index (χ3v) is 8.04. The molecule has 0 saturated carbocycles. The average molecular weight is 413 g/mol. The highest BCUT2D eigenvalue weighted by Gasteiger charge is 2.51. The summed E-state index contributed by atoms with van der Waals surface area (Å²) in [6, 6.07) is 17.8. The molecule has 0 bridgehead atoms. The first kappa shape index (κ1) is 20.1. The van der Waals surface area contributed by atoms with E-state index in [0.717, 1.165) is 18.4 Å². The van der Waals surface area contributed by atoms with Gasteiger partial charge < -0.3 is 4.90 Å². The second-order valence-electron chi connectivity index (χ2n) is 8.71. The van der Waals surface area contributed by atoms with Crippen molar-refractivity contribution in [3.63, 3.8) is 0 Å². The molecule has 0 aliphatic carbocycles. The van der Waals surface area contributed by atoms with Crippen LogP contribution in [0.2, 0.25) is 0 Å². The van der Waals surface area contributed by atoms with Crippen molar-refractivity contribution in [3.05, 3.63) is 66.2 Å². The minimum absolute atomic E-state index is 0.0283. The summed E-state index contributed by atoms with van der Waals surface area (Å²) >= 11 is 0. The number of rotatable bonds is 4. The van der Waals surface area contributed by atoms with Crippen molar-refractivity contribution in [2.24, 2.45) is 5.41 Å². The molecular weight excluding hydrogens is 384 g/mol. The van der Waals surface area contributed by atoms with Gasteiger partial charge in [-0.25, -0.2) is 8.42 Å². The van der Waals surface area contributed by atoms with E-state index in [1.54, 1.807) is 30.3 Å². The fourth-order valence-corrected chi connectivity index (χ4v) is 6.43. The van der Waals surface area contributed by atoms with Crippen molar-refractivity contribution in [1.29, 1.82) is 0 Å². The molecule has 29 heavy (non-hydrogen) atoms. The van der Waals surface area contributed by atoms with Crippen molar-refractivity contribution < 1.29 is 13.2 Å². The molecule has 2 aromatic carbocycles. The van der Waals surface area contributed by atoms with E-state index in [-0.39, 0.29) is 22.3 Å². The second-order valence-corrected chi connectivity index (χ2v) is 10.6. The van der Waals surface area contributed by atoms with Gasteiger partial charge in [-0.1, -0.05) is 68.8 Å². The van der Waals surface area contributed by atoms with Gasteiger partial charge >= 0.3 is 0 Å². The number of hydrogen-bond acceptors (Lipinski definition) is 3. The van der Waals surface area contributed by atoms with Crippen LogP contribution >= 0.6 is 0 Å². The molecule has 2 aromatic rings. The maximum atomic E-state index is 13.6. The Kier molecular flexibility index (Phi) is 5.25. The van der Waals surface area contributed by atoms with E-state index in [1.165, 1.54) is 4.31 Å². The minimum Gasteiger partial charge on any atom is -0.333 e. The molecule has 0 spiro atoms. The van der Waals surface area contributed by atoms with Gasteiger partial charge in [0.15, 0.2) is 0 Å². The molecule has 2 saturated heterocycles. The molecule has 0 aromatic heterocycles. The number of hydrogen-bond donors (Lipinski definition) is 0. The maximum absolute atomic E-state index is 13.6. The van der Waals surface area contributed by atoms with Gasteiger partial charge in [-0.15, -0.1) is 0 Å². The predicted octanol–water partition coefficient (Wildman–Crippen LogP) is 3.84. The predicted molar refractivity (Wildman–Crippen MR) is 113 cm³/mol. The summed E-state index contributed by atoms with van der Waals surface area (Å²) in [6.45, 7) is 5.35. The summed E-state index contributed by atoms with van der Waals surface area (Å²) in [7, 11) is -3.70. The van der Waals surface area contributed by atoms with Crippen molar-refractivity contribution >= 4 is 15.9 Å². The number of carbonyl (C=O) groups excluding carboxylic acids is 1. The van der Waals surface area contributed by atoms with Crippen LogP contribution in [-0.4, -0.2) is 42.7 Å². The summed E-state index contributed by atoms with van der Waals surface area (Å²) in [4.78, 5) is 15.7. The van der Waals surface area contributed by atoms with E-state index in [0.29, 0.717) is 19.5 Å². The van der Waals surface area contributed by atoms with Crippen LogP contribution in [0.5, 0.6) is 0 Å². The van der Waals surface area contributed by atoms with E-state index < -0.39 is 16.1 Å². The number of sulfonamides is 1. The van der Waals surface area contributed by atoms with Crippen molar-refractivity contribution in [3.8, 4) is 0 Å². The lowest BCUT2D eigenvalue weighted by atomic mass is 9.71. The number of nitrogens with zero attached hydrogens (tertiary/aromatic N) is 2. The Balaban J connectivity index is 1.63. The monoisotopic (exact) mass is 412 g/mol. The third kappa shape index (κ3) is 3.60. The van der Waals surface area contributed by atoms with E-state index in [4.69, 9.17) is 0 Å². The van der Waals surface area contributed by atoms with Crippen LogP contribution in [0, 0.1) is 5.41 Å². The number of piperidine rings is 1. The number of carbonyl (C=O) groups is 1. The van der Waals surface area contributed by atoms with Gasteiger partial charge in [-0.05, 0) is 30.5 Å². The van der Waals surface area contributed by atoms with E-state index in [9.17, 15) is 13.2 Å². The Bertz CT molecular complexity index is 974. The first-order valence-electron chi connectivity index (χ1n) is 10.2. The summed E-state index contributed by atoms with van der Waals surface area (Å²) in [5.74, 6) is -0.0719. The Labute approximate surface area is 173 Å². The highest BCUT2D eigenvalue weighted by molar-refractivity contribution is 7.89. The van der Waals surface area contributed by atoms with Gasteiger partial charge in [-0.2, -0.15) is 4.31 Å². The summed E-state index contributed by atoms with van der Waals surface area (Å²) in [6.07, 6.45) is 2.22. The molecule has 4 rings (SSSR count). The second kappa shape index (κ2) is 7.58. The normalized spacial score (nSPS) is 24.7. The first-order chi connectivity index (χ1) is 13.8. The molecule has 154 valence electrons. The van der Waals surface area contributed by atoms with Crippen LogP contribution in [-0.2, 0) is 14.8 Å². The first-order valence-corrected chi connectivity index (χ1v) is 11.7. The molecule has 5 nitrogen and oxygen atoms in total. The molecule has 2 aliphatic rings. The van der Waals surface area contributed by atoms with Gasteiger partial charge in [0, 0.05) is 18.5 Å². The SMILES string of the molecule is CC1(C)CN(C(=O)[C@@H]2CCCCN2S(=O)(=O)c2ccccc2)[C@@H]1c1ccccc1. The standard InChI is InChI=1S/C23H28N2O3S/c1-23(2)17-24(21(23)18-11-5-3-6-12-18)22(26)20-15-9-10-16-25(20)29(27,28)19-13-7-4-8-14-19/h3-8,11-14,20-21H,9-10,15-17H2,1-2H3/t20-,21+/m0/s1. The van der Waals surface area contributed by atoms with Crippen LogP contribution < -0.4 is 0 Å². The molecule has 0 radical (unpaired) electrons. The van der Waals surface area contributed by atoms with E-state index >= 15 is 0 Å². The van der Waals surface area contributed by atoms with Crippen LogP contribution in [0.1, 0.15) is 44.7 Å². The molecule has 1 amide bonds. The molecule has 2 atom stereocenters. The molecule has 0 unspecified atom stereocenters. The Hall–Kier alpha value is -2.18. The molecule has 2 fully saturated rings. The summed E-state index contributed by atoms with van der Waals surface area (Å²) < 4.78 is 28.0. The Morgan fingerprint density at radius 1 is 0.966 bits per heavy atom. The summed E-state index contributed by atoms with van der Waals surface area (Å²) in [5.41, 5.74) is 1.07. The van der Waals surface area contributed by atoms with Crippen molar-refractivity contribution in [1.82, 2.24) is 9.21 Å². The minimum atomic E-state index is -3.70. The Morgan fingerprint density at radius 2 is 1.59 bits per heavy atom. The van der Waals surface area contributed by atoms with Crippen LogP contribution in [0.4, 0.5) is 0 Å². The van der Waals surface area contributed by atoms with Crippen molar-refractivity contribution in [2.45, 2.75) is 50.1 Å². The van der Waals surface area contributed by atoms with Crippen LogP contribution in [0.25, 0.3) is 0 Å². The average Bonchev–Trinajstić information content (AvgIpc) is 2.73. The fourth-order valence-electron chi connectivity index (χ4n) is 4.76. The van der Waals surface area contributed by atoms with E-state index in [2.05, 4.69) is 13.8 Å². The number of likely N-dealkylation sites (tertiary alicyclic amines) is 1. The van der Waals surface area contributed by atoms with Gasteiger partial charge in [0.25, 0.3) is 0 Å². The van der Waals surface area contributed by atoms with Crippen molar-refractivity contribution in [2.75, 3.05) is 13.1 Å². The highest BCUT2D eigenvalue weighted by Crippen LogP contribution is 2.49. The smallest absolute Gasteiger partial charge is 0.243 e. The Morgan fingerprint density at radius 3 is 2.21 bits per heavy atom. The molecule has 0 N–H and O–H groups in total. The lowest BCUT2D eigenvalue weighted by molar-refractivity contribution is -0.157. The molecule has 2 aliphatic heterocycles. The van der Waals surface area contributed by atoms with Crippen LogP contribution in [0.15, 0.2) is 65.6 Å². The zero-order valence-electron chi connectivity index (χ0n) is 17.0. The highest BCUT2D eigenvalue weighted by atomic mass is 32.2. The van der Waals surface area contributed by atoms with Gasteiger partial charge in [0.05, 0.1) is 10.9 Å². The zero-order chi connectivity index (χ0) is 20.6. The molecule has 6 heteroatoms. The fraction of sp³-hybridized carbons (Fsp3) is 0.435. The molecule has 2 heterocycles. The van der Waals surface area contributed by atoms with Gasteiger partial charge in [-0.3, -0.25) is 4.79 Å².